The molecule has 0 radical (unpaired) electrons. The van der Waals surface area contributed by atoms with Gasteiger partial charge in [-0.25, -0.2) is 0 Å². The maximum Gasteiger partial charge on any atom is 0.187 e. The molecule has 3 unspecified atom stereocenters. The molecule has 0 aromatic rings. The van der Waals surface area contributed by atoms with Gasteiger partial charge in [0.05, 0.1) is 0 Å². The molecule has 7 atom stereocenters. The van der Waals surface area contributed by atoms with Gasteiger partial charge in [0.2, 0.25) is 0 Å². The van der Waals surface area contributed by atoms with Crippen LogP contribution in [0.15, 0.2) is 0 Å². The third kappa shape index (κ3) is 1.70. The molecule has 1 spiro atoms. The van der Waals surface area contributed by atoms with Crippen molar-refractivity contribution in [3.05, 3.63) is 0 Å². The molecule has 5 aliphatic rings. The topological polar surface area (TPSA) is 27.7 Å². The first-order chi connectivity index (χ1) is 9.61. The monoisotopic (exact) mass is 300 g/mol. The molecule has 0 aromatic heterocycles. The first-order valence-corrected chi connectivity index (χ1v) is 8.59. The Bertz CT molecular complexity index is 383. The maximum atomic E-state index is 6.83. The van der Waals surface area contributed by atoms with E-state index in [0.29, 0.717) is 18.4 Å². The largest absolute Gasteiger partial charge is 0.370 e. The van der Waals surface area contributed by atoms with Crippen molar-refractivity contribution in [1.82, 2.24) is 0 Å². The van der Waals surface area contributed by atoms with Crippen molar-refractivity contribution in [3.8, 4) is 0 Å². The zero-order valence-corrected chi connectivity index (χ0v) is 13.2. The van der Waals surface area contributed by atoms with Crippen molar-refractivity contribution >= 4 is 11.6 Å². The Kier molecular flexibility index (Phi) is 3.16. The van der Waals surface area contributed by atoms with Gasteiger partial charge in [0.25, 0.3) is 0 Å². The first-order valence-electron chi connectivity index (χ1n) is 8.21. The highest BCUT2D eigenvalue weighted by molar-refractivity contribution is 6.24. The molecule has 4 bridgehead atoms. The second kappa shape index (κ2) is 4.58. The third-order valence-electron chi connectivity index (χ3n) is 6.08. The van der Waals surface area contributed by atoms with Crippen LogP contribution in [0.4, 0.5) is 0 Å². The fourth-order valence-corrected chi connectivity index (χ4v) is 6.30. The lowest BCUT2D eigenvalue weighted by Gasteiger charge is -2.70. The fourth-order valence-electron chi connectivity index (χ4n) is 5.71. The zero-order valence-electron chi connectivity index (χ0n) is 12.4. The molecular weight excluding hydrogens is 276 g/mol. The summed E-state index contributed by atoms with van der Waals surface area (Å²) in [5, 5.41) is 0. The van der Waals surface area contributed by atoms with Crippen LogP contribution >= 0.6 is 11.6 Å². The molecule has 4 aliphatic carbocycles. The second-order valence-corrected chi connectivity index (χ2v) is 7.97. The minimum atomic E-state index is -0.163. The van der Waals surface area contributed by atoms with Crippen LogP contribution in [0.25, 0.3) is 0 Å². The van der Waals surface area contributed by atoms with Gasteiger partial charge < -0.3 is 14.2 Å². The number of hydrogen-bond acceptors (Lipinski definition) is 3. The van der Waals surface area contributed by atoms with Gasteiger partial charge in [-0.05, 0) is 63.7 Å². The maximum absolute atomic E-state index is 6.83. The smallest absolute Gasteiger partial charge is 0.187 e. The average Bonchev–Trinajstić information content (AvgIpc) is 2.37. The molecule has 1 saturated heterocycles. The summed E-state index contributed by atoms with van der Waals surface area (Å²) in [5.41, 5.74) is -0.0921. The Morgan fingerprint density at radius 2 is 1.70 bits per heavy atom. The third-order valence-corrected chi connectivity index (χ3v) is 6.54. The lowest BCUT2D eigenvalue weighted by Crippen LogP contribution is -2.78. The normalized spacial score (nSPS) is 56.2. The number of rotatable bonds is 4. The number of ether oxygens (including phenoxy) is 3. The van der Waals surface area contributed by atoms with Crippen molar-refractivity contribution in [2.75, 3.05) is 13.2 Å². The molecule has 1 heterocycles. The molecule has 20 heavy (non-hydrogen) atoms. The summed E-state index contributed by atoms with van der Waals surface area (Å²) in [7, 11) is 0. The first kappa shape index (κ1) is 13.8. The van der Waals surface area contributed by atoms with Crippen molar-refractivity contribution in [1.29, 1.82) is 0 Å². The van der Waals surface area contributed by atoms with Crippen LogP contribution in [0.3, 0.4) is 0 Å². The molecule has 0 aromatic carbocycles. The van der Waals surface area contributed by atoms with E-state index in [1.165, 1.54) is 19.3 Å². The van der Waals surface area contributed by atoms with Gasteiger partial charge in [-0.15, -0.1) is 11.6 Å². The van der Waals surface area contributed by atoms with E-state index in [2.05, 4.69) is 6.92 Å². The second-order valence-electron chi connectivity index (χ2n) is 7.17. The van der Waals surface area contributed by atoms with Gasteiger partial charge in [-0.1, -0.05) is 0 Å². The van der Waals surface area contributed by atoms with Gasteiger partial charge in [0, 0.05) is 18.1 Å². The van der Waals surface area contributed by atoms with Gasteiger partial charge in [0.1, 0.15) is 11.7 Å². The standard InChI is InChI=1S/C16H25ClO3/c1-3-18-13-14(19-4-2)20-16(13)11-5-10-6-12(16)9-15(17,7-10)8-11/h10-14H,3-9H2,1-2H3/t10?,11-,12+,13-,14-,15?,16?/m0/s1. The molecule has 0 amide bonds. The quantitative estimate of drug-likeness (QED) is 0.745. The summed E-state index contributed by atoms with van der Waals surface area (Å²) in [6, 6.07) is 0. The van der Waals surface area contributed by atoms with E-state index in [1.807, 2.05) is 6.92 Å². The highest BCUT2D eigenvalue weighted by Crippen LogP contribution is 2.67. The summed E-state index contributed by atoms with van der Waals surface area (Å²) < 4.78 is 18.1. The van der Waals surface area contributed by atoms with Crippen LogP contribution in [0, 0.1) is 17.8 Å². The summed E-state index contributed by atoms with van der Waals surface area (Å²) in [5.74, 6) is 1.95. The molecule has 1 aliphatic heterocycles. The SMILES string of the molecule is CCO[C@H]1OC2([C@@H]3CC4C[C@H]2CC(Cl)(C4)C3)[C@H]1OCC. The van der Waals surface area contributed by atoms with Gasteiger partial charge in [-0.3, -0.25) is 0 Å². The Labute approximate surface area is 126 Å². The summed E-state index contributed by atoms with van der Waals surface area (Å²) in [4.78, 5) is 0.0541. The van der Waals surface area contributed by atoms with Gasteiger partial charge in [-0.2, -0.15) is 0 Å². The minimum Gasteiger partial charge on any atom is -0.370 e. The van der Waals surface area contributed by atoms with E-state index in [4.69, 9.17) is 25.8 Å². The van der Waals surface area contributed by atoms with Gasteiger partial charge >= 0.3 is 0 Å². The van der Waals surface area contributed by atoms with E-state index < -0.39 is 0 Å². The average molecular weight is 301 g/mol. The van der Waals surface area contributed by atoms with Crippen LogP contribution in [0.1, 0.15) is 46.0 Å². The zero-order chi connectivity index (χ0) is 14.0. The minimum absolute atomic E-state index is 0.0541. The number of alkyl halides is 1. The molecule has 3 nitrogen and oxygen atoms in total. The van der Waals surface area contributed by atoms with Crippen LogP contribution in [0.2, 0.25) is 0 Å². The predicted octanol–water partition coefficient (Wildman–Crippen LogP) is 3.34. The molecule has 5 fully saturated rings. The Balaban J connectivity index is 1.61. The highest BCUT2D eigenvalue weighted by Gasteiger charge is 2.72. The number of hydrogen-bond donors (Lipinski definition) is 0. The summed E-state index contributed by atoms with van der Waals surface area (Å²) in [6.07, 6.45) is 5.91. The van der Waals surface area contributed by atoms with Crippen molar-refractivity contribution < 1.29 is 14.2 Å². The Morgan fingerprint density at radius 1 is 1.05 bits per heavy atom. The lowest BCUT2D eigenvalue weighted by atomic mass is 9.47. The van der Waals surface area contributed by atoms with Gasteiger partial charge in [0.15, 0.2) is 6.29 Å². The van der Waals surface area contributed by atoms with Crippen molar-refractivity contribution in [2.45, 2.75) is 68.8 Å². The highest BCUT2D eigenvalue weighted by atomic mass is 35.5. The van der Waals surface area contributed by atoms with Crippen molar-refractivity contribution in [2.24, 2.45) is 17.8 Å². The fraction of sp³-hybridized carbons (Fsp3) is 1.00. The van der Waals surface area contributed by atoms with Crippen LogP contribution in [0.5, 0.6) is 0 Å². The molecular formula is C16H25ClO3. The molecule has 4 heteroatoms. The van der Waals surface area contributed by atoms with E-state index in [9.17, 15) is 0 Å². The molecule has 114 valence electrons. The van der Waals surface area contributed by atoms with Crippen LogP contribution in [-0.2, 0) is 14.2 Å². The number of halogens is 1. The summed E-state index contributed by atoms with van der Waals surface area (Å²) in [6.45, 7) is 5.49. The molecule has 0 N–H and O–H groups in total. The molecule has 5 rings (SSSR count). The Hall–Kier alpha value is 0.170. The van der Waals surface area contributed by atoms with E-state index in [-0.39, 0.29) is 22.9 Å². The summed E-state index contributed by atoms with van der Waals surface area (Å²) >= 11 is 6.83. The molecule has 4 saturated carbocycles. The lowest BCUT2D eigenvalue weighted by molar-refractivity contribution is -0.427. The van der Waals surface area contributed by atoms with Crippen molar-refractivity contribution in [3.63, 3.8) is 0 Å². The van der Waals surface area contributed by atoms with Crippen LogP contribution in [-0.4, -0.2) is 36.1 Å². The van der Waals surface area contributed by atoms with E-state index in [0.717, 1.165) is 25.4 Å². The van der Waals surface area contributed by atoms with E-state index in [1.54, 1.807) is 0 Å². The van der Waals surface area contributed by atoms with Crippen LogP contribution < -0.4 is 0 Å². The van der Waals surface area contributed by atoms with E-state index >= 15 is 0 Å². The predicted molar refractivity (Wildman–Crippen MR) is 76.8 cm³/mol. The Morgan fingerprint density at radius 3 is 2.25 bits per heavy atom.